The van der Waals surface area contributed by atoms with Crippen LogP contribution < -0.4 is 5.32 Å². The van der Waals surface area contributed by atoms with E-state index in [1.807, 2.05) is 6.07 Å². The molecule has 130 valence electrons. The number of urea groups is 1. The molecule has 1 heterocycles. The molecule has 1 aromatic rings. The molecule has 1 aliphatic rings. The summed E-state index contributed by atoms with van der Waals surface area (Å²) in [6.45, 7) is 1.52. The van der Waals surface area contributed by atoms with Crippen molar-refractivity contribution in [1.29, 1.82) is 0 Å². The smallest absolute Gasteiger partial charge is 0.335 e. The zero-order valence-corrected chi connectivity index (χ0v) is 13.4. The minimum absolute atomic E-state index is 0.0326. The van der Waals surface area contributed by atoms with Crippen LogP contribution in [0.5, 0.6) is 0 Å². The van der Waals surface area contributed by atoms with Gasteiger partial charge < -0.3 is 20.4 Å². The van der Waals surface area contributed by atoms with Crippen molar-refractivity contribution in [3.8, 4) is 0 Å². The third kappa shape index (κ3) is 4.97. The Morgan fingerprint density at radius 1 is 1.25 bits per heavy atom. The van der Waals surface area contributed by atoms with Crippen molar-refractivity contribution >= 4 is 18.0 Å². The van der Waals surface area contributed by atoms with Gasteiger partial charge in [0, 0.05) is 32.0 Å². The summed E-state index contributed by atoms with van der Waals surface area (Å²) in [7, 11) is 0. The molecule has 0 aliphatic carbocycles. The summed E-state index contributed by atoms with van der Waals surface area (Å²) in [5, 5.41) is 20.4. The third-order valence-electron chi connectivity index (χ3n) is 4.16. The summed E-state index contributed by atoms with van der Waals surface area (Å²) in [6.07, 6.45) is 2.19. The summed E-state index contributed by atoms with van der Waals surface area (Å²) in [6, 6.07) is 6.65. The van der Waals surface area contributed by atoms with E-state index in [2.05, 4.69) is 5.32 Å². The minimum atomic E-state index is -0.958. The Morgan fingerprint density at radius 3 is 2.75 bits per heavy atom. The van der Waals surface area contributed by atoms with Crippen LogP contribution in [0.4, 0.5) is 4.79 Å². The van der Waals surface area contributed by atoms with Gasteiger partial charge in [-0.1, -0.05) is 12.1 Å². The van der Waals surface area contributed by atoms with E-state index in [1.165, 1.54) is 0 Å². The van der Waals surface area contributed by atoms with Crippen LogP contribution >= 0.6 is 0 Å². The second-order valence-corrected chi connectivity index (χ2v) is 5.95. The highest BCUT2D eigenvalue weighted by Crippen LogP contribution is 2.27. The zero-order valence-electron chi connectivity index (χ0n) is 13.4. The van der Waals surface area contributed by atoms with Crippen molar-refractivity contribution in [2.24, 2.45) is 0 Å². The second-order valence-electron chi connectivity index (χ2n) is 5.95. The predicted molar refractivity (Wildman–Crippen MR) is 87.2 cm³/mol. The molecule has 1 saturated heterocycles. The van der Waals surface area contributed by atoms with Crippen LogP contribution in [0.15, 0.2) is 24.3 Å². The van der Waals surface area contributed by atoms with Crippen molar-refractivity contribution in [1.82, 2.24) is 10.2 Å². The highest BCUT2D eigenvalue weighted by Gasteiger charge is 2.25. The van der Waals surface area contributed by atoms with Gasteiger partial charge in [0.15, 0.2) is 0 Å². The van der Waals surface area contributed by atoms with E-state index in [9.17, 15) is 14.4 Å². The molecule has 7 nitrogen and oxygen atoms in total. The number of carboxylic acids is 2. The van der Waals surface area contributed by atoms with Gasteiger partial charge in [0.25, 0.3) is 0 Å². The van der Waals surface area contributed by atoms with Crippen LogP contribution in [-0.4, -0.2) is 52.7 Å². The van der Waals surface area contributed by atoms with E-state index in [1.54, 1.807) is 23.1 Å². The van der Waals surface area contributed by atoms with E-state index in [-0.39, 0.29) is 23.9 Å². The van der Waals surface area contributed by atoms with Gasteiger partial charge in [-0.15, -0.1) is 0 Å². The first kappa shape index (κ1) is 17.8. The summed E-state index contributed by atoms with van der Waals surface area (Å²) < 4.78 is 0. The molecular weight excluding hydrogens is 312 g/mol. The molecule has 2 rings (SSSR count). The van der Waals surface area contributed by atoms with Crippen molar-refractivity contribution < 1.29 is 24.6 Å². The first-order chi connectivity index (χ1) is 11.5. The van der Waals surface area contributed by atoms with Gasteiger partial charge in [-0.2, -0.15) is 0 Å². The highest BCUT2D eigenvalue weighted by atomic mass is 16.4. The molecule has 0 aromatic heterocycles. The zero-order chi connectivity index (χ0) is 17.5. The monoisotopic (exact) mass is 334 g/mol. The molecule has 0 unspecified atom stereocenters. The number of piperidine rings is 1. The molecule has 24 heavy (non-hydrogen) atoms. The fraction of sp³-hybridized carbons (Fsp3) is 0.471. The van der Waals surface area contributed by atoms with Crippen molar-refractivity contribution in [3.63, 3.8) is 0 Å². The highest BCUT2D eigenvalue weighted by molar-refractivity contribution is 5.87. The number of rotatable bonds is 6. The van der Waals surface area contributed by atoms with E-state index in [4.69, 9.17) is 10.2 Å². The molecule has 1 fully saturated rings. The Morgan fingerprint density at radius 2 is 2.04 bits per heavy atom. The Labute approximate surface area is 140 Å². The Hall–Kier alpha value is -2.57. The summed E-state index contributed by atoms with van der Waals surface area (Å²) >= 11 is 0. The van der Waals surface area contributed by atoms with Crippen molar-refractivity contribution in [2.45, 2.75) is 31.6 Å². The average molecular weight is 334 g/mol. The maximum atomic E-state index is 12.2. The first-order valence-electron chi connectivity index (χ1n) is 8.05. The summed E-state index contributed by atoms with van der Waals surface area (Å²) in [5.41, 5.74) is 1.18. The van der Waals surface area contributed by atoms with Gasteiger partial charge in [-0.25, -0.2) is 9.59 Å². The fourth-order valence-corrected chi connectivity index (χ4v) is 2.91. The normalized spacial score (nSPS) is 17.3. The van der Waals surface area contributed by atoms with E-state index >= 15 is 0 Å². The number of aromatic carboxylic acids is 1. The number of amides is 2. The number of likely N-dealkylation sites (tertiary alicyclic amines) is 1. The molecule has 1 atom stereocenters. The minimum Gasteiger partial charge on any atom is -0.481 e. The summed E-state index contributed by atoms with van der Waals surface area (Å²) in [4.78, 5) is 35.4. The van der Waals surface area contributed by atoms with Crippen LogP contribution in [-0.2, 0) is 4.79 Å². The number of aliphatic carboxylic acids is 1. The van der Waals surface area contributed by atoms with E-state index < -0.39 is 11.9 Å². The molecule has 7 heteroatoms. The molecule has 3 N–H and O–H groups in total. The molecule has 1 aliphatic heterocycles. The largest absolute Gasteiger partial charge is 0.481 e. The molecule has 0 saturated carbocycles. The standard InChI is InChI=1S/C17H22N2O5/c20-15(21)7-2-8-18-17(24)19-9-3-6-14(11-19)12-4-1-5-13(10-12)16(22)23/h1,4-5,10,14H,2-3,6-9,11H2,(H,18,24)(H,20,21)(H,22,23)/t14-/m0/s1. The van der Waals surface area contributed by atoms with Crippen molar-refractivity contribution in [2.75, 3.05) is 19.6 Å². The maximum absolute atomic E-state index is 12.2. The Balaban J connectivity index is 1.91. The molecule has 0 radical (unpaired) electrons. The van der Waals surface area contributed by atoms with Crippen LogP contribution in [0.2, 0.25) is 0 Å². The van der Waals surface area contributed by atoms with Gasteiger partial charge >= 0.3 is 18.0 Å². The SMILES string of the molecule is O=C(O)CCCNC(=O)N1CCC[C@H](c2cccc(C(=O)O)c2)C1. The molecule has 2 amide bonds. The van der Waals surface area contributed by atoms with Gasteiger partial charge in [0.05, 0.1) is 5.56 Å². The van der Waals surface area contributed by atoms with Crippen molar-refractivity contribution in [3.05, 3.63) is 35.4 Å². The average Bonchev–Trinajstić information content (AvgIpc) is 2.58. The number of nitrogens with one attached hydrogen (secondary N) is 1. The number of nitrogens with zero attached hydrogens (tertiary/aromatic N) is 1. The Bertz CT molecular complexity index is 617. The lowest BCUT2D eigenvalue weighted by molar-refractivity contribution is -0.137. The van der Waals surface area contributed by atoms with E-state index in [0.717, 1.165) is 18.4 Å². The molecule has 0 spiro atoms. The predicted octanol–water partition coefficient (Wildman–Crippen LogP) is 2.14. The first-order valence-corrected chi connectivity index (χ1v) is 8.05. The lowest BCUT2D eigenvalue weighted by atomic mass is 9.90. The number of carboxylic acid groups (broad SMARTS) is 2. The fourth-order valence-electron chi connectivity index (χ4n) is 2.91. The second kappa shape index (κ2) is 8.33. The molecule has 1 aromatic carbocycles. The number of carbonyl (C=O) groups is 3. The lowest BCUT2D eigenvalue weighted by Crippen LogP contribution is -2.45. The quantitative estimate of drug-likeness (QED) is 0.691. The lowest BCUT2D eigenvalue weighted by Gasteiger charge is -2.33. The Kier molecular flexibility index (Phi) is 6.17. The number of hydrogen-bond donors (Lipinski definition) is 3. The maximum Gasteiger partial charge on any atom is 0.335 e. The van der Waals surface area contributed by atoms with Crippen LogP contribution in [0.25, 0.3) is 0 Å². The number of hydrogen-bond acceptors (Lipinski definition) is 3. The molecular formula is C17H22N2O5. The summed E-state index contributed by atoms with van der Waals surface area (Å²) in [5.74, 6) is -1.72. The molecule has 0 bridgehead atoms. The van der Waals surface area contributed by atoms with Crippen LogP contribution in [0, 0.1) is 0 Å². The van der Waals surface area contributed by atoms with Crippen LogP contribution in [0.1, 0.15) is 47.5 Å². The van der Waals surface area contributed by atoms with Gasteiger partial charge in [-0.3, -0.25) is 4.79 Å². The number of benzene rings is 1. The van der Waals surface area contributed by atoms with Gasteiger partial charge in [-0.05, 0) is 37.0 Å². The van der Waals surface area contributed by atoms with Gasteiger partial charge in [0.2, 0.25) is 0 Å². The topological polar surface area (TPSA) is 107 Å². The number of carbonyl (C=O) groups excluding carboxylic acids is 1. The van der Waals surface area contributed by atoms with Crippen LogP contribution in [0.3, 0.4) is 0 Å². The third-order valence-corrected chi connectivity index (χ3v) is 4.16. The van der Waals surface area contributed by atoms with Gasteiger partial charge in [0.1, 0.15) is 0 Å². The van der Waals surface area contributed by atoms with E-state index in [0.29, 0.717) is 26.1 Å².